The molecule has 1 aromatic rings. The van der Waals surface area contributed by atoms with Crippen LogP contribution < -0.4 is 10.6 Å². The van der Waals surface area contributed by atoms with Crippen LogP contribution in [0.2, 0.25) is 0 Å². The van der Waals surface area contributed by atoms with E-state index in [1.165, 1.54) is 30.5 Å². The van der Waals surface area contributed by atoms with Gasteiger partial charge in [0.1, 0.15) is 0 Å². The van der Waals surface area contributed by atoms with E-state index in [0.717, 1.165) is 16.6 Å². The van der Waals surface area contributed by atoms with Crippen molar-refractivity contribution in [3.8, 4) is 0 Å². The zero-order valence-electron chi connectivity index (χ0n) is 11.5. The van der Waals surface area contributed by atoms with Crippen molar-refractivity contribution in [3.05, 3.63) is 22.2 Å². The second kappa shape index (κ2) is 5.52. The predicted molar refractivity (Wildman–Crippen MR) is 83.2 cm³/mol. The van der Waals surface area contributed by atoms with Gasteiger partial charge in [-0.1, -0.05) is 6.92 Å². The first-order chi connectivity index (χ1) is 8.54. The Morgan fingerprint density at radius 3 is 2.44 bits per heavy atom. The Bertz CT molecular complexity index is 421. The Balaban J connectivity index is 2.48. The fraction of sp³-hybridized carbons (Fsp3) is 0.600. The highest BCUT2D eigenvalue weighted by atomic mass is 79.9. The highest BCUT2D eigenvalue weighted by Gasteiger charge is 2.27. The number of nitrogen functional groups attached to an aromatic ring is 1. The molecule has 2 rings (SSSR count). The lowest BCUT2D eigenvalue weighted by Crippen LogP contribution is -2.44. The Morgan fingerprint density at radius 2 is 1.89 bits per heavy atom. The molecule has 0 amide bonds. The third-order valence-corrected chi connectivity index (χ3v) is 4.60. The van der Waals surface area contributed by atoms with Crippen LogP contribution in [0.3, 0.4) is 0 Å². The van der Waals surface area contributed by atoms with Crippen LogP contribution >= 0.6 is 15.9 Å². The number of nitrogens with zero attached hydrogens (tertiary/aromatic N) is 1. The minimum absolute atomic E-state index is 0.610. The third-order valence-electron chi connectivity index (χ3n) is 4.00. The van der Waals surface area contributed by atoms with Gasteiger partial charge in [0.2, 0.25) is 0 Å². The molecular formula is C15H23BrN2. The minimum atomic E-state index is 0.610. The molecule has 0 aliphatic carbocycles. The van der Waals surface area contributed by atoms with Gasteiger partial charge >= 0.3 is 0 Å². The second-order valence-electron chi connectivity index (χ2n) is 5.40. The predicted octanol–water partition coefficient (Wildman–Crippen LogP) is 4.36. The molecule has 2 nitrogen and oxygen atoms in total. The van der Waals surface area contributed by atoms with E-state index in [4.69, 9.17) is 5.73 Å². The Labute approximate surface area is 119 Å². The van der Waals surface area contributed by atoms with Gasteiger partial charge in [0.15, 0.2) is 0 Å². The van der Waals surface area contributed by atoms with Crippen molar-refractivity contribution >= 4 is 27.3 Å². The van der Waals surface area contributed by atoms with Gasteiger partial charge < -0.3 is 10.6 Å². The van der Waals surface area contributed by atoms with Gasteiger partial charge in [-0.3, -0.25) is 0 Å². The highest BCUT2D eigenvalue weighted by Crippen LogP contribution is 2.38. The molecule has 18 heavy (non-hydrogen) atoms. The quantitative estimate of drug-likeness (QED) is 0.822. The summed E-state index contributed by atoms with van der Waals surface area (Å²) in [5.74, 6) is 0. The molecule has 1 aliphatic heterocycles. The lowest BCUT2D eigenvalue weighted by molar-refractivity contribution is 0.413. The van der Waals surface area contributed by atoms with E-state index in [9.17, 15) is 0 Å². The summed E-state index contributed by atoms with van der Waals surface area (Å²) in [5, 5.41) is 0. The number of hydrogen-bond donors (Lipinski definition) is 1. The average molecular weight is 311 g/mol. The van der Waals surface area contributed by atoms with E-state index in [1.807, 2.05) is 6.07 Å². The molecule has 0 aromatic heterocycles. The lowest BCUT2D eigenvalue weighted by Gasteiger charge is -2.42. The van der Waals surface area contributed by atoms with Crippen LogP contribution in [0, 0.1) is 0 Å². The molecular weight excluding hydrogens is 288 g/mol. The van der Waals surface area contributed by atoms with Crippen LogP contribution in [-0.4, -0.2) is 12.1 Å². The molecule has 0 spiro atoms. The number of benzene rings is 1. The smallest absolute Gasteiger partial charge is 0.0549 e. The summed E-state index contributed by atoms with van der Waals surface area (Å²) < 4.78 is 1.14. The maximum Gasteiger partial charge on any atom is 0.0549 e. The topological polar surface area (TPSA) is 29.3 Å². The van der Waals surface area contributed by atoms with Crippen LogP contribution in [0.15, 0.2) is 16.6 Å². The maximum atomic E-state index is 5.95. The lowest BCUT2D eigenvalue weighted by atomic mass is 9.95. The average Bonchev–Trinajstić information content (AvgIpc) is 2.30. The van der Waals surface area contributed by atoms with Crippen molar-refractivity contribution in [1.82, 2.24) is 0 Å². The van der Waals surface area contributed by atoms with Crippen molar-refractivity contribution in [2.24, 2.45) is 0 Å². The van der Waals surface area contributed by atoms with Gasteiger partial charge in [-0.25, -0.2) is 0 Å². The number of halogens is 1. The first-order valence-corrected chi connectivity index (χ1v) is 7.70. The SMILES string of the molecule is CCc1cc(N)cc(Br)c1N1C(C)CCCC1C. The molecule has 1 fully saturated rings. The molecule has 1 heterocycles. The number of rotatable bonds is 2. The first kappa shape index (κ1) is 13.7. The minimum Gasteiger partial charge on any atom is -0.399 e. The van der Waals surface area contributed by atoms with E-state index in [0.29, 0.717) is 12.1 Å². The summed E-state index contributed by atoms with van der Waals surface area (Å²) in [6, 6.07) is 5.37. The van der Waals surface area contributed by atoms with Crippen LogP contribution in [-0.2, 0) is 6.42 Å². The summed E-state index contributed by atoms with van der Waals surface area (Å²) in [6.45, 7) is 6.86. The van der Waals surface area contributed by atoms with Gasteiger partial charge in [0, 0.05) is 22.2 Å². The summed E-state index contributed by atoms with van der Waals surface area (Å²) in [5.41, 5.74) is 9.50. The van der Waals surface area contributed by atoms with Crippen LogP contribution in [0.5, 0.6) is 0 Å². The Morgan fingerprint density at radius 1 is 1.28 bits per heavy atom. The van der Waals surface area contributed by atoms with Gasteiger partial charge in [0.05, 0.1) is 5.69 Å². The molecule has 2 unspecified atom stereocenters. The number of nitrogens with two attached hydrogens (primary N) is 1. The molecule has 3 heteroatoms. The third kappa shape index (κ3) is 2.51. The number of anilines is 2. The van der Waals surface area contributed by atoms with E-state index >= 15 is 0 Å². The van der Waals surface area contributed by atoms with Crippen molar-refractivity contribution in [3.63, 3.8) is 0 Å². The Hall–Kier alpha value is -0.700. The van der Waals surface area contributed by atoms with Crippen molar-refractivity contribution in [2.45, 2.75) is 58.5 Å². The summed E-state index contributed by atoms with van der Waals surface area (Å²) in [4.78, 5) is 2.58. The van der Waals surface area contributed by atoms with Gasteiger partial charge in [-0.05, 0) is 73.2 Å². The van der Waals surface area contributed by atoms with Crippen LogP contribution in [0.25, 0.3) is 0 Å². The van der Waals surface area contributed by atoms with E-state index in [2.05, 4.69) is 47.7 Å². The van der Waals surface area contributed by atoms with E-state index in [-0.39, 0.29) is 0 Å². The van der Waals surface area contributed by atoms with Gasteiger partial charge in [0.25, 0.3) is 0 Å². The standard InChI is InChI=1S/C15H23BrN2/c1-4-12-8-13(17)9-14(16)15(12)18-10(2)6-5-7-11(18)3/h8-11H,4-7,17H2,1-3H3. The molecule has 100 valence electrons. The molecule has 2 N–H and O–H groups in total. The fourth-order valence-electron chi connectivity index (χ4n) is 3.10. The molecule has 0 radical (unpaired) electrons. The fourth-order valence-corrected chi connectivity index (χ4v) is 3.82. The second-order valence-corrected chi connectivity index (χ2v) is 6.25. The summed E-state index contributed by atoms with van der Waals surface area (Å²) in [7, 11) is 0. The number of hydrogen-bond acceptors (Lipinski definition) is 2. The van der Waals surface area contributed by atoms with Crippen LogP contribution in [0.1, 0.15) is 45.6 Å². The number of aryl methyl sites for hydroxylation is 1. The van der Waals surface area contributed by atoms with Crippen molar-refractivity contribution < 1.29 is 0 Å². The zero-order chi connectivity index (χ0) is 13.3. The molecule has 2 atom stereocenters. The highest BCUT2D eigenvalue weighted by molar-refractivity contribution is 9.10. The molecule has 1 saturated heterocycles. The monoisotopic (exact) mass is 310 g/mol. The van der Waals surface area contributed by atoms with E-state index in [1.54, 1.807) is 0 Å². The molecule has 0 bridgehead atoms. The molecule has 1 aromatic carbocycles. The number of piperidine rings is 1. The largest absolute Gasteiger partial charge is 0.399 e. The summed E-state index contributed by atoms with van der Waals surface area (Å²) >= 11 is 3.71. The maximum absolute atomic E-state index is 5.95. The van der Waals surface area contributed by atoms with E-state index < -0.39 is 0 Å². The van der Waals surface area contributed by atoms with Gasteiger partial charge in [-0.2, -0.15) is 0 Å². The van der Waals surface area contributed by atoms with Crippen molar-refractivity contribution in [1.29, 1.82) is 0 Å². The van der Waals surface area contributed by atoms with Gasteiger partial charge in [-0.15, -0.1) is 0 Å². The van der Waals surface area contributed by atoms with Crippen molar-refractivity contribution in [2.75, 3.05) is 10.6 Å². The Kier molecular flexibility index (Phi) is 4.21. The first-order valence-electron chi connectivity index (χ1n) is 6.90. The summed E-state index contributed by atoms with van der Waals surface area (Å²) in [6.07, 6.45) is 4.93. The molecule has 0 saturated carbocycles. The normalized spacial score (nSPS) is 24.3. The zero-order valence-corrected chi connectivity index (χ0v) is 13.1. The molecule has 1 aliphatic rings. The van der Waals surface area contributed by atoms with Crippen LogP contribution in [0.4, 0.5) is 11.4 Å².